The molecule has 1 fully saturated rings. The molecular formula is C15H19F3N4O2. The molecule has 2 rings (SSSR count). The zero-order valence-corrected chi connectivity index (χ0v) is 13.0. The predicted octanol–water partition coefficient (Wildman–Crippen LogP) is 1.09. The second kappa shape index (κ2) is 7.98. The van der Waals surface area contributed by atoms with Crippen LogP contribution in [0.2, 0.25) is 0 Å². The number of aromatic nitrogens is 1. The van der Waals surface area contributed by atoms with Crippen LogP contribution >= 0.6 is 0 Å². The highest BCUT2D eigenvalue weighted by atomic mass is 19.4. The van der Waals surface area contributed by atoms with Crippen molar-refractivity contribution in [2.75, 3.05) is 31.1 Å². The Hall–Kier alpha value is -2.32. The highest BCUT2D eigenvalue weighted by molar-refractivity contribution is 6.35. The molecule has 0 radical (unpaired) electrons. The monoisotopic (exact) mass is 344 g/mol. The topological polar surface area (TPSA) is 74.3 Å². The van der Waals surface area contributed by atoms with Crippen molar-refractivity contribution >= 4 is 17.5 Å². The van der Waals surface area contributed by atoms with Crippen molar-refractivity contribution in [1.29, 1.82) is 0 Å². The summed E-state index contributed by atoms with van der Waals surface area (Å²) in [5.41, 5.74) is 1.08. The number of carbonyl (C=O) groups is 2. The number of halogens is 3. The average Bonchev–Trinajstić information content (AvgIpc) is 2.58. The fraction of sp³-hybridized carbons (Fsp3) is 0.533. The van der Waals surface area contributed by atoms with E-state index in [0.29, 0.717) is 0 Å². The van der Waals surface area contributed by atoms with Gasteiger partial charge in [0.1, 0.15) is 6.54 Å². The molecule has 0 unspecified atom stereocenters. The van der Waals surface area contributed by atoms with Gasteiger partial charge in [0.05, 0.1) is 0 Å². The summed E-state index contributed by atoms with van der Waals surface area (Å²) < 4.78 is 35.9. The Balaban J connectivity index is 1.69. The maximum atomic E-state index is 12.0. The number of anilines is 1. The van der Waals surface area contributed by atoms with Gasteiger partial charge in [-0.1, -0.05) is 0 Å². The van der Waals surface area contributed by atoms with Gasteiger partial charge in [-0.3, -0.25) is 14.6 Å². The van der Waals surface area contributed by atoms with E-state index in [1.165, 1.54) is 0 Å². The van der Waals surface area contributed by atoms with Crippen LogP contribution in [-0.2, 0) is 9.59 Å². The van der Waals surface area contributed by atoms with E-state index in [-0.39, 0.29) is 12.5 Å². The summed E-state index contributed by atoms with van der Waals surface area (Å²) in [6.45, 7) is 0.391. The quantitative estimate of drug-likeness (QED) is 0.802. The number of hydrogen-bond donors (Lipinski definition) is 2. The van der Waals surface area contributed by atoms with E-state index >= 15 is 0 Å². The summed E-state index contributed by atoms with van der Waals surface area (Å²) in [5.74, 6) is -2.10. The first-order valence-corrected chi connectivity index (χ1v) is 7.63. The summed E-state index contributed by atoms with van der Waals surface area (Å²) in [6, 6.07) is 3.85. The largest absolute Gasteiger partial charge is 0.405 e. The van der Waals surface area contributed by atoms with Crippen LogP contribution in [0.15, 0.2) is 24.5 Å². The first-order chi connectivity index (χ1) is 11.3. The number of nitrogens with one attached hydrogen (secondary N) is 2. The lowest BCUT2D eigenvalue weighted by Crippen LogP contribution is -2.45. The third-order valence-corrected chi connectivity index (χ3v) is 3.85. The predicted molar refractivity (Wildman–Crippen MR) is 81.2 cm³/mol. The van der Waals surface area contributed by atoms with Crippen molar-refractivity contribution in [1.82, 2.24) is 15.6 Å². The Kier molecular flexibility index (Phi) is 5.99. The first kappa shape index (κ1) is 18.0. The van der Waals surface area contributed by atoms with Crippen LogP contribution in [0.1, 0.15) is 12.8 Å². The fourth-order valence-electron chi connectivity index (χ4n) is 2.53. The number of rotatable bonds is 4. The minimum Gasteiger partial charge on any atom is -0.371 e. The molecule has 132 valence electrons. The van der Waals surface area contributed by atoms with Gasteiger partial charge in [-0.15, -0.1) is 0 Å². The lowest BCUT2D eigenvalue weighted by molar-refractivity contribution is -0.146. The third-order valence-electron chi connectivity index (χ3n) is 3.85. The van der Waals surface area contributed by atoms with Crippen molar-refractivity contribution in [3.8, 4) is 0 Å². The molecule has 2 heterocycles. The van der Waals surface area contributed by atoms with Gasteiger partial charge in [0.25, 0.3) is 0 Å². The summed E-state index contributed by atoms with van der Waals surface area (Å²) in [6.07, 6.45) is 0.567. The van der Waals surface area contributed by atoms with Gasteiger partial charge >= 0.3 is 18.0 Å². The summed E-state index contributed by atoms with van der Waals surface area (Å²) in [4.78, 5) is 28.9. The second-order valence-corrected chi connectivity index (χ2v) is 5.64. The van der Waals surface area contributed by atoms with Gasteiger partial charge in [0.15, 0.2) is 0 Å². The van der Waals surface area contributed by atoms with Crippen molar-refractivity contribution in [3.05, 3.63) is 24.5 Å². The maximum Gasteiger partial charge on any atom is 0.405 e. The number of carbonyl (C=O) groups excluding carboxylic acids is 2. The number of pyridine rings is 1. The van der Waals surface area contributed by atoms with E-state index in [2.05, 4.69) is 15.2 Å². The fourth-order valence-corrected chi connectivity index (χ4v) is 2.53. The van der Waals surface area contributed by atoms with E-state index in [9.17, 15) is 22.8 Å². The Morgan fingerprint density at radius 2 is 1.71 bits per heavy atom. The third kappa shape index (κ3) is 5.71. The number of amides is 2. The normalized spacial score (nSPS) is 15.9. The summed E-state index contributed by atoms with van der Waals surface area (Å²) in [5, 5.41) is 3.94. The van der Waals surface area contributed by atoms with Crippen molar-refractivity contribution in [2.24, 2.45) is 5.92 Å². The van der Waals surface area contributed by atoms with Crippen LogP contribution in [0.25, 0.3) is 0 Å². The molecule has 1 aliphatic heterocycles. The summed E-state index contributed by atoms with van der Waals surface area (Å²) in [7, 11) is 0. The molecule has 0 saturated carbocycles. The minimum atomic E-state index is -4.53. The Labute approximate surface area is 137 Å². The standard InChI is InChI=1S/C15H19F3N4O2/c16-15(17,18)10-21-14(24)13(23)20-9-11-3-7-22(8-4-11)12-1-5-19-6-2-12/h1-2,5-6,11H,3-4,7-10H2,(H,20,23)(H,21,24). The van der Waals surface area contributed by atoms with Crippen molar-refractivity contribution in [3.63, 3.8) is 0 Å². The highest BCUT2D eigenvalue weighted by Gasteiger charge is 2.29. The maximum absolute atomic E-state index is 12.0. The van der Waals surface area contributed by atoms with Gasteiger partial charge in [-0.05, 0) is 30.9 Å². The molecule has 0 bridgehead atoms. The number of alkyl halides is 3. The van der Waals surface area contributed by atoms with Crippen LogP contribution in [0.3, 0.4) is 0 Å². The van der Waals surface area contributed by atoms with Crippen LogP contribution in [0, 0.1) is 5.92 Å². The minimum absolute atomic E-state index is 0.197. The van der Waals surface area contributed by atoms with E-state index in [1.54, 1.807) is 17.7 Å². The van der Waals surface area contributed by atoms with Gasteiger partial charge < -0.3 is 15.5 Å². The van der Waals surface area contributed by atoms with Crippen LogP contribution in [-0.4, -0.2) is 49.2 Å². The molecular weight excluding hydrogens is 325 g/mol. The smallest absolute Gasteiger partial charge is 0.371 e. The average molecular weight is 344 g/mol. The van der Waals surface area contributed by atoms with E-state index in [1.807, 2.05) is 12.1 Å². The molecule has 0 atom stereocenters. The van der Waals surface area contributed by atoms with E-state index in [0.717, 1.165) is 31.6 Å². The molecule has 0 aliphatic carbocycles. The zero-order chi connectivity index (χ0) is 17.6. The highest BCUT2D eigenvalue weighted by Crippen LogP contribution is 2.22. The molecule has 1 aromatic rings. The Morgan fingerprint density at radius 1 is 1.12 bits per heavy atom. The van der Waals surface area contributed by atoms with Crippen LogP contribution in [0.5, 0.6) is 0 Å². The Morgan fingerprint density at radius 3 is 2.29 bits per heavy atom. The molecule has 6 nitrogen and oxygen atoms in total. The zero-order valence-electron chi connectivity index (χ0n) is 13.0. The lowest BCUT2D eigenvalue weighted by Gasteiger charge is -2.33. The molecule has 2 amide bonds. The number of piperidine rings is 1. The van der Waals surface area contributed by atoms with Crippen molar-refractivity contribution < 1.29 is 22.8 Å². The van der Waals surface area contributed by atoms with Crippen LogP contribution in [0.4, 0.5) is 18.9 Å². The number of hydrogen-bond acceptors (Lipinski definition) is 4. The van der Waals surface area contributed by atoms with E-state index < -0.39 is 24.5 Å². The molecule has 9 heteroatoms. The van der Waals surface area contributed by atoms with Gasteiger partial charge in [-0.25, -0.2) is 0 Å². The van der Waals surface area contributed by atoms with Gasteiger partial charge in [0, 0.05) is 37.7 Å². The molecule has 1 saturated heterocycles. The summed E-state index contributed by atoms with van der Waals surface area (Å²) >= 11 is 0. The molecule has 1 aliphatic rings. The molecule has 1 aromatic heterocycles. The van der Waals surface area contributed by atoms with E-state index in [4.69, 9.17) is 0 Å². The molecule has 24 heavy (non-hydrogen) atoms. The Bertz CT molecular complexity index is 558. The number of nitrogens with zero attached hydrogens (tertiary/aromatic N) is 2. The SMILES string of the molecule is O=C(NCC1CCN(c2ccncc2)CC1)C(=O)NCC(F)(F)F. The second-order valence-electron chi connectivity index (χ2n) is 5.64. The van der Waals surface area contributed by atoms with Gasteiger partial charge in [-0.2, -0.15) is 13.2 Å². The molecule has 2 N–H and O–H groups in total. The van der Waals surface area contributed by atoms with Gasteiger partial charge in [0.2, 0.25) is 0 Å². The van der Waals surface area contributed by atoms with Crippen molar-refractivity contribution in [2.45, 2.75) is 19.0 Å². The van der Waals surface area contributed by atoms with Crippen LogP contribution < -0.4 is 15.5 Å². The lowest BCUT2D eigenvalue weighted by atomic mass is 9.96. The first-order valence-electron chi connectivity index (χ1n) is 7.63. The molecule has 0 aromatic carbocycles. The molecule has 0 spiro atoms.